The van der Waals surface area contributed by atoms with Crippen molar-refractivity contribution < 1.29 is 14.7 Å². The molecule has 20 heavy (non-hydrogen) atoms. The van der Waals surface area contributed by atoms with Gasteiger partial charge in [0.05, 0.1) is 5.54 Å². The van der Waals surface area contributed by atoms with Crippen LogP contribution in [-0.4, -0.2) is 35.6 Å². The van der Waals surface area contributed by atoms with E-state index in [9.17, 15) is 9.59 Å². The molecule has 0 saturated carbocycles. The maximum absolute atomic E-state index is 12.0. The molecule has 5 heteroatoms. The maximum atomic E-state index is 12.0. The number of carboxylic acids is 1. The third kappa shape index (κ3) is 8.15. The van der Waals surface area contributed by atoms with Crippen LogP contribution < -0.4 is 10.6 Å². The molecule has 0 heterocycles. The second-order valence-corrected chi connectivity index (χ2v) is 5.79. The Labute approximate surface area is 122 Å². The number of aliphatic carboxylic acids is 1. The van der Waals surface area contributed by atoms with Crippen LogP contribution in [0.4, 0.5) is 0 Å². The fourth-order valence-electron chi connectivity index (χ4n) is 2.30. The summed E-state index contributed by atoms with van der Waals surface area (Å²) < 4.78 is 0. The van der Waals surface area contributed by atoms with E-state index in [2.05, 4.69) is 17.6 Å². The number of carboxylic acid groups (broad SMARTS) is 1. The second-order valence-electron chi connectivity index (χ2n) is 5.79. The lowest BCUT2D eigenvalue weighted by molar-refractivity contribution is -0.137. The molecule has 3 N–H and O–H groups in total. The van der Waals surface area contributed by atoms with Crippen LogP contribution in [0, 0.1) is 5.92 Å². The van der Waals surface area contributed by atoms with Crippen LogP contribution in [0.3, 0.4) is 0 Å². The van der Waals surface area contributed by atoms with Gasteiger partial charge in [-0.25, -0.2) is 0 Å². The first-order valence-electron chi connectivity index (χ1n) is 7.58. The molecule has 0 radical (unpaired) electrons. The van der Waals surface area contributed by atoms with Gasteiger partial charge in [-0.2, -0.15) is 0 Å². The van der Waals surface area contributed by atoms with E-state index in [0.717, 1.165) is 25.8 Å². The molecule has 0 aromatic heterocycles. The van der Waals surface area contributed by atoms with E-state index >= 15 is 0 Å². The predicted molar refractivity (Wildman–Crippen MR) is 80.7 cm³/mol. The minimum absolute atomic E-state index is 0.00664. The zero-order valence-corrected chi connectivity index (χ0v) is 13.3. The third-order valence-electron chi connectivity index (χ3n) is 3.49. The van der Waals surface area contributed by atoms with E-state index in [4.69, 9.17) is 5.11 Å². The molecular formula is C15H30N2O3. The largest absolute Gasteiger partial charge is 0.481 e. The zero-order valence-electron chi connectivity index (χ0n) is 13.3. The van der Waals surface area contributed by atoms with Crippen molar-refractivity contribution in [3.05, 3.63) is 0 Å². The van der Waals surface area contributed by atoms with Crippen molar-refractivity contribution >= 4 is 11.9 Å². The van der Waals surface area contributed by atoms with Crippen molar-refractivity contribution in [1.29, 1.82) is 0 Å². The average Bonchev–Trinajstić information content (AvgIpc) is 2.35. The first-order chi connectivity index (χ1) is 9.33. The summed E-state index contributed by atoms with van der Waals surface area (Å²) in [7, 11) is 0. The summed E-state index contributed by atoms with van der Waals surface area (Å²) in [4.78, 5) is 22.6. The Morgan fingerprint density at radius 2 is 1.80 bits per heavy atom. The van der Waals surface area contributed by atoms with Gasteiger partial charge in [-0.15, -0.1) is 0 Å². The Balaban J connectivity index is 4.09. The highest BCUT2D eigenvalue weighted by atomic mass is 16.4. The first kappa shape index (κ1) is 18.9. The van der Waals surface area contributed by atoms with Gasteiger partial charge < -0.3 is 15.7 Å². The summed E-state index contributed by atoms with van der Waals surface area (Å²) in [5.41, 5.74) is -0.559. The lowest BCUT2D eigenvalue weighted by Crippen LogP contribution is -2.52. The summed E-state index contributed by atoms with van der Waals surface area (Å²) in [6, 6.07) is 0. The van der Waals surface area contributed by atoms with E-state index in [1.165, 1.54) is 0 Å². The van der Waals surface area contributed by atoms with E-state index in [1.807, 2.05) is 20.8 Å². The van der Waals surface area contributed by atoms with Crippen molar-refractivity contribution in [2.45, 2.75) is 65.3 Å². The van der Waals surface area contributed by atoms with Crippen molar-refractivity contribution in [1.82, 2.24) is 10.6 Å². The molecule has 0 aliphatic heterocycles. The van der Waals surface area contributed by atoms with Gasteiger partial charge in [-0.3, -0.25) is 9.59 Å². The predicted octanol–water partition coefficient (Wildman–Crippen LogP) is 2.16. The number of hydrogen-bond donors (Lipinski definition) is 3. The normalized spacial score (nSPS) is 13.0. The Morgan fingerprint density at radius 3 is 2.30 bits per heavy atom. The van der Waals surface area contributed by atoms with Gasteiger partial charge in [0.25, 0.3) is 0 Å². The molecule has 5 nitrogen and oxygen atoms in total. The van der Waals surface area contributed by atoms with Crippen LogP contribution in [-0.2, 0) is 9.59 Å². The first-order valence-corrected chi connectivity index (χ1v) is 7.58. The molecule has 0 bridgehead atoms. The summed E-state index contributed by atoms with van der Waals surface area (Å²) in [5.74, 6) is -0.380. The SMILES string of the molecule is CCCC(CCNC(=O)C(C)(C)NCC)CCC(=O)O. The Bertz CT molecular complexity index is 303. The molecule has 0 fully saturated rings. The van der Waals surface area contributed by atoms with Crippen molar-refractivity contribution in [3.8, 4) is 0 Å². The second kappa shape index (κ2) is 9.75. The van der Waals surface area contributed by atoms with Crippen molar-refractivity contribution in [3.63, 3.8) is 0 Å². The zero-order chi connectivity index (χ0) is 15.6. The van der Waals surface area contributed by atoms with E-state index in [1.54, 1.807) is 0 Å². The standard InChI is InChI=1S/C15H30N2O3/c1-5-7-12(8-9-13(18)19)10-11-16-14(20)15(3,4)17-6-2/h12,17H,5-11H2,1-4H3,(H,16,20)(H,18,19). The summed E-state index contributed by atoms with van der Waals surface area (Å²) in [5, 5.41) is 14.8. The van der Waals surface area contributed by atoms with Crippen LogP contribution in [0.1, 0.15) is 59.8 Å². The Kier molecular flexibility index (Phi) is 9.21. The number of nitrogens with one attached hydrogen (secondary N) is 2. The van der Waals surface area contributed by atoms with Crippen LogP contribution in [0.15, 0.2) is 0 Å². The minimum atomic E-state index is -0.747. The van der Waals surface area contributed by atoms with Crippen molar-refractivity contribution in [2.75, 3.05) is 13.1 Å². The highest BCUT2D eigenvalue weighted by molar-refractivity contribution is 5.85. The van der Waals surface area contributed by atoms with Crippen LogP contribution >= 0.6 is 0 Å². The van der Waals surface area contributed by atoms with Crippen LogP contribution in [0.5, 0.6) is 0 Å². The number of carbonyl (C=O) groups excluding carboxylic acids is 1. The highest BCUT2D eigenvalue weighted by Gasteiger charge is 2.25. The maximum Gasteiger partial charge on any atom is 0.303 e. The number of hydrogen-bond acceptors (Lipinski definition) is 3. The summed E-state index contributed by atoms with van der Waals surface area (Å²) in [6.45, 7) is 9.15. The van der Waals surface area contributed by atoms with E-state index in [0.29, 0.717) is 18.9 Å². The van der Waals surface area contributed by atoms with Gasteiger partial charge in [0.2, 0.25) is 5.91 Å². The summed E-state index contributed by atoms with van der Waals surface area (Å²) in [6.07, 6.45) is 3.80. The molecule has 1 unspecified atom stereocenters. The van der Waals surface area contributed by atoms with Gasteiger partial charge in [0.1, 0.15) is 0 Å². The lowest BCUT2D eigenvalue weighted by atomic mass is 9.94. The molecule has 0 aliphatic carbocycles. The molecule has 1 atom stereocenters. The lowest BCUT2D eigenvalue weighted by Gasteiger charge is -2.25. The van der Waals surface area contributed by atoms with Crippen molar-refractivity contribution in [2.24, 2.45) is 5.92 Å². The number of carbonyl (C=O) groups is 2. The molecule has 0 spiro atoms. The van der Waals surface area contributed by atoms with Gasteiger partial charge in [0, 0.05) is 13.0 Å². The smallest absolute Gasteiger partial charge is 0.303 e. The monoisotopic (exact) mass is 286 g/mol. The third-order valence-corrected chi connectivity index (χ3v) is 3.49. The van der Waals surface area contributed by atoms with Gasteiger partial charge >= 0.3 is 5.97 Å². The number of amides is 1. The highest BCUT2D eigenvalue weighted by Crippen LogP contribution is 2.17. The fourth-order valence-corrected chi connectivity index (χ4v) is 2.30. The topological polar surface area (TPSA) is 78.4 Å². The molecule has 0 aromatic carbocycles. The van der Waals surface area contributed by atoms with E-state index in [-0.39, 0.29) is 12.3 Å². The Morgan fingerprint density at radius 1 is 1.15 bits per heavy atom. The molecule has 0 saturated heterocycles. The molecule has 0 rings (SSSR count). The fraction of sp³-hybridized carbons (Fsp3) is 0.867. The quantitative estimate of drug-likeness (QED) is 0.544. The molecular weight excluding hydrogens is 256 g/mol. The number of rotatable bonds is 11. The molecule has 1 amide bonds. The van der Waals surface area contributed by atoms with Gasteiger partial charge in [0.15, 0.2) is 0 Å². The van der Waals surface area contributed by atoms with Crippen LogP contribution in [0.25, 0.3) is 0 Å². The molecule has 118 valence electrons. The molecule has 0 aliphatic rings. The van der Waals surface area contributed by atoms with Gasteiger partial charge in [-0.1, -0.05) is 26.7 Å². The van der Waals surface area contributed by atoms with Crippen LogP contribution in [0.2, 0.25) is 0 Å². The van der Waals surface area contributed by atoms with E-state index < -0.39 is 11.5 Å². The Hall–Kier alpha value is -1.10. The number of likely N-dealkylation sites (N-methyl/N-ethyl adjacent to an activating group) is 1. The molecule has 0 aromatic rings. The summed E-state index contributed by atoms with van der Waals surface area (Å²) >= 11 is 0. The van der Waals surface area contributed by atoms with Gasteiger partial charge in [-0.05, 0) is 39.2 Å². The minimum Gasteiger partial charge on any atom is -0.481 e. The average molecular weight is 286 g/mol.